The Bertz CT molecular complexity index is 141. The second-order valence-corrected chi connectivity index (χ2v) is 3.70. The van der Waals surface area contributed by atoms with Crippen LogP contribution in [0.3, 0.4) is 0 Å². The Morgan fingerprint density at radius 2 is 1.92 bits per heavy atom. The fourth-order valence-electron chi connectivity index (χ4n) is 1.97. The van der Waals surface area contributed by atoms with Crippen molar-refractivity contribution in [3.63, 3.8) is 0 Å². The van der Waals surface area contributed by atoms with Crippen molar-refractivity contribution in [3.8, 4) is 0 Å². The lowest BCUT2D eigenvalue weighted by molar-refractivity contribution is -0.480. The molecule has 0 N–H and O–H groups in total. The maximum Gasteiger partial charge on any atom is 0.203 e. The fourth-order valence-corrected chi connectivity index (χ4v) is 1.97. The quantitative estimate of drug-likeness (QED) is 0.362. The largest absolute Gasteiger partial charge is 0.265 e. The molecule has 0 bridgehead atoms. The standard InChI is InChI=1S/C9H17NO2/c11-10(12)8-4-3-7-9-5-1-2-6-9/h9H,1-8H2. The molecule has 1 saturated carbocycles. The van der Waals surface area contributed by atoms with E-state index in [1.54, 1.807) is 0 Å². The molecule has 1 fully saturated rings. The van der Waals surface area contributed by atoms with Gasteiger partial charge in [0.05, 0.1) is 0 Å². The molecule has 0 aromatic heterocycles. The molecule has 0 saturated heterocycles. The van der Waals surface area contributed by atoms with Crippen LogP contribution < -0.4 is 0 Å². The minimum Gasteiger partial charge on any atom is -0.265 e. The van der Waals surface area contributed by atoms with Crippen molar-refractivity contribution in [1.82, 2.24) is 0 Å². The van der Waals surface area contributed by atoms with E-state index in [0.717, 1.165) is 18.8 Å². The Kier molecular flexibility index (Phi) is 4.05. The van der Waals surface area contributed by atoms with Crippen molar-refractivity contribution in [2.75, 3.05) is 6.54 Å². The predicted octanol–water partition coefficient (Wildman–Crippen LogP) is 2.62. The van der Waals surface area contributed by atoms with Gasteiger partial charge in [-0.1, -0.05) is 32.1 Å². The molecule has 1 rings (SSSR count). The normalized spacial score (nSPS) is 18.3. The Morgan fingerprint density at radius 1 is 1.25 bits per heavy atom. The summed E-state index contributed by atoms with van der Waals surface area (Å²) in [5, 5.41) is 10.0. The number of rotatable bonds is 5. The summed E-state index contributed by atoms with van der Waals surface area (Å²) in [4.78, 5) is 9.79. The molecule has 12 heavy (non-hydrogen) atoms. The van der Waals surface area contributed by atoms with Crippen LogP contribution in [-0.2, 0) is 0 Å². The number of nitro groups is 1. The molecular formula is C9H17NO2. The average molecular weight is 171 g/mol. The summed E-state index contributed by atoms with van der Waals surface area (Å²) in [6, 6.07) is 0. The summed E-state index contributed by atoms with van der Waals surface area (Å²) in [6.45, 7) is 0.159. The highest BCUT2D eigenvalue weighted by molar-refractivity contribution is 4.66. The summed E-state index contributed by atoms with van der Waals surface area (Å²) in [5.41, 5.74) is 0. The number of unbranched alkanes of at least 4 members (excludes halogenated alkanes) is 1. The molecular weight excluding hydrogens is 154 g/mol. The Balaban J connectivity index is 1.91. The van der Waals surface area contributed by atoms with Gasteiger partial charge in [-0.15, -0.1) is 0 Å². The first-order valence-electron chi connectivity index (χ1n) is 4.91. The Morgan fingerprint density at radius 3 is 2.50 bits per heavy atom. The molecule has 3 heteroatoms. The number of nitrogens with zero attached hydrogens (tertiary/aromatic N) is 1. The van der Waals surface area contributed by atoms with Crippen LogP contribution in [0, 0.1) is 16.0 Å². The van der Waals surface area contributed by atoms with E-state index in [0.29, 0.717) is 0 Å². The molecule has 0 spiro atoms. The van der Waals surface area contributed by atoms with Crippen molar-refractivity contribution in [3.05, 3.63) is 10.1 Å². The topological polar surface area (TPSA) is 43.1 Å². The van der Waals surface area contributed by atoms with Gasteiger partial charge < -0.3 is 0 Å². The van der Waals surface area contributed by atoms with Crippen LogP contribution in [0.5, 0.6) is 0 Å². The molecule has 0 aromatic carbocycles. The van der Waals surface area contributed by atoms with Crippen molar-refractivity contribution in [2.45, 2.75) is 44.9 Å². The van der Waals surface area contributed by atoms with Crippen LogP contribution >= 0.6 is 0 Å². The molecule has 0 heterocycles. The SMILES string of the molecule is O=[N+]([O-])CCCCC1CCCC1. The van der Waals surface area contributed by atoms with E-state index in [-0.39, 0.29) is 11.5 Å². The second-order valence-electron chi connectivity index (χ2n) is 3.70. The zero-order valence-corrected chi connectivity index (χ0v) is 7.50. The smallest absolute Gasteiger partial charge is 0.203 e. The summed E-state index contributed by atoms with van der Waals surface area (Å²) < 4.78 is 0. The van der Waals surface area contributed by atoms with Gasteiger partial charge >= 0.3 is 0 Å². The molecule has 0 atom stereocenters. The van der Waals surface area contributed by atoms with E-state index in [9.17, 15) is 10.1 Å². The molecule has 70 valence electrons. The first-order chi connectivity index (χ1) is 5.79. The molecule has 1 aliphatic rings. The number of hydrogen-bond donors (Lipinski definition) is 0. The molecule has 0 amide bonds. The first kappa shape index (κ1) is 9.49. The second kappa shape index (κ2) is 5.12. The minimum absolute atomic E-state index is 0.159. The van der Waals surface area contributed by atoms with Gasteiger partial charge in [-0.2, -0.15) is 0 Å². The van der Waals surface area contributed by atoms with E-state index >= 15 is 0 Å². The van der Waals surface area contributed by atoms with Crippen molar-refractivity contribution in [1.29, 1.82) is 0 Å². The average Bonchev–Trinajstić information content (AvgIpc) is 2.49. The summed E-state index contributed by atoms with van der Waals surface area (Å²) in [7, 11) is 0. The summed E-state index contributed by atoms with van der Waals surface area (Å²) in [5.74, 6) is 0.886. The maximum absolute atomic E-state index is 10.0. The highest BCUT2D eigenvalue weighted by Gasteiger charge is 2.14. The lowest BCUT2D eigenvalue weighted by Crippen LogP contribution is -2.01. The molecule has 0 aliphatic heterocycles. The molecule has 0 unspecified atom stereocenters. The molecule has 1 aliphatic carbocycles. The van der Waals surface area contributed by atoms with Gasteiger partial charge in [0.15, 0.2) is 0 Å². The van der Waals surface area contributed by atoms with Gasteiger partial charge in [-0.3, -0.25) is 10.1 Å². The van der Waals surface area contributed by atoms with Gasteiger partial charge in [-0.05, 0) is 12.3 Å². The Hall–Kier alpha value is -0.600. The van der Waals surface area contributed by atoms with Crippen LogP contribution in [0.25, 0.3) is 0 Å². The maximum atomic E-state index is 10.0. The number of hydrogen-bond acceptors (Lipinski definition) is 2. The van der Waals surface area contributed by atoms with Gasteiger partial charge in [0.2, 0.25) is 6.54 Å². The molecule has 0 radical (unpaired) electrons. The van der Waals surface area contributed by atoms with Crippen LogP contribution in [0.15, 0.2) is 0 Å². The van der Waals surface area contributed by atoms with Crippen LogP contribution in [0.1, 0.15) is 44.9 Å². The van der Waals surface area contributed by atoms with Gasteiger partial charge in [0.1, 0.15) is 0 Å². The monoisotopic (exact) mass is 171 g/mol. The Labute approximate surface area is 73.3 Å². The van der Waals surface area contributed by atoms with E-state index in [1.807, 2.05) is 0 Å². The zero-order valence-electron chi connectivity index (χ0n) is 7.50. The van der Waals surface area contributed by atoms with E-state index < -0.39 is 0 Å². The van der Waals surface area contributed by atoms with Crippen LogP contribution in [0.4, 0.5) is 0 Å². The lowest BCUT2D eigenvalue weighted by atomic mass is 10.0. The van der Waals surface area contributed by atoms with E-state index in [4.69, 9.17) is 0 Å². The summed E-state index contributed by atoms with van der Waals surface area (Å²) in [6.07, 6.45) is 8.50. The third-order valence-electron chi connectivity index (χ3n) is 2.68. The molecule has 3 nitrogen and oxygen atoms in total. The minimum atomic E-state index is -0.214. The zero-order chi connectivity index (χ0) is 8.81. The third-order valence-corrected chi connectivity index (χ3v) is 2.68. The van der Waals surface area contributed by atoms with Crippen LogP contribution in [0.2, 0.25) is 0 Å². The summed E-state index contributed by atoms with van der Waals surface area (Å²) >= 11 is 0. The van der Waals surface area contributed by atoms with Gasteiger partial charge in [-0.25, -0.2) is 0 Å². The highest BCUT2D eigenvalue weighted by Crippen LogP contribution is 2.28. The van der Waals surface area contributed by atoms with Crippen molar-refractivity contribution < 1.29 is 4.92 Å². The van der Waals surface area contributed by atoms with Gasteiger partial charge in [0, 0.05) is 11.3 Å². The first-order valence-corrected chi connectivity index (χ1v) is 4.91. The third kappa shape index (κ3) is 3.69. The highest BCUT2D eigenvalue weighted by atomic mass is 16.6. The predicted molar refractivity (Wildman–Crippen MR) is 47.7 cm³/mol. The van der Waals surface area contributed by atoms with Crippen molar-refractivity contribution >= 4 is 0 Å². The fraction of sp³-hybridized carbons (Fsp3) is 1.00. The lowest BCUT2D eigenvalue weighted by Gasteiger charge is -2.05. The van der Waals surface area contributed by atoms with E-state index in [1.165, 1.54) is 32.1 Å². The van der Waals surface area contributed by atoms with Crippen molar-refractivity contribution in [2.24, 2.45) is 5.92 Å². The molecule has 0 aromatic rings. The van der Waals surface area contributed by atoms with Crippen LogP contribution in [-0.4, -0.2) is 11.5 Å². The van der Waals surface area contributed by atoms with Gasteiger partial charge in [0.25, 0.3) is 0 Å². The van der Waals surface area contributed by atoms with E-state index in [2.05, 4.69) is 0 Å².